The van der Waals surface area contributed by atoms with Crippen LogP contribution in [0.2, 0.25) is 0 Å². The van der Waals surface area contributed by atoms with E-state index in [2.05, 4.69) is 14.6 Å². The standard InChI is InChI=1S/C17H22FN5O2S2.HI/c18-14-3-5-15(6-4-14)22-9-11-23(12-10-22)17(19)20-7-8-21-27(24,25)16-2-1-13-26-16;/h1-6,13,21H,7-12H2,(H2,19,20);1H. The van der Waals surface area contributed by atoms with Gasteiger partial charge in [0.05, 0.1) is 6.54 Å². The van der Waals surface area contributed by atoms with Gasteiger partial charge in [-0.25, -0.2) is 17.5 Å². The zero-order chi connectivity index (χ0) is 19.3. The van der Waals surface area contributed by atoms with E-state index in [0.29, 0.717) is 19.0 Å². The zero-order valence-electron chi connectivity index (χ0n) is 15.1. The highest BCUT2D eigenvalue weighted by Gasteiger charge is 2.19. The van der Waals surface area contributed by atoms with Gasteiger partial charge < -0.3 is 15.5 Å². The van der Waals surface area contributed by atoms with Gasteiger partial charge in [-0.05, 0) is 35.7 Å². The summed E-state index contributed by atoms with van der Waals surface area (Å²) in [5, 5.41) is 1.72. The molecule has 1 saturated heterocycles. The minimum Gasteiger partial charge on any atom is -0.370 e. The lowest BCUT2D eigenvalue weighted by Crippen LogP contribution is -2.51. The highest BCUT2D eigenvalue weighted by Crippen LogP contribution is 2.17. The van der Waals surface area contributed by atoms with Crippen LogP contribution in [-0.2, 0) is 10.0 Å². The molecule has 1 aliphatic heterocycles. The second kappa shape index (κ2) is 10.4. The molecule has 1 aliphatic rings. The molecule has 1 fully saturated rings. The Labute approximate surface area is 185 Å². The Morgan fingerprint density at radius 1 is 1.18 bits per heavy atom. The number of nitrogens with zero attached hydrogens (tertiary/aromatic N) is 3. The van der Waals surface area contributed by atoms with Crippen LogP contribution in [0.1, 0.15) is 0 Å². The second-order valence-corrected chi connectivity index (χ2v) is 8.96. The monoisotopic (exact) mass is 539 g/mol. The first-order valence-corrected chi connectivity index (χ1v) is 10.9. The van der Waals surface area contributed by atoms with Crippen molar-refractivity contribution in [2.45, 2.75) is 4.21 Å². The number of piperazine rings is 1. The first kappa shape index (κ1) is 22.8. The van der Waals surface area contributed by atoms with E-state index in [0.717, 1.165) is 18.8 Å². The lowest BCUT2D eigenvalue weighted by atomic mass is 10.2. The maximum absolute atomic E-state index is 13.0. The van der Waals surface area contributed by atoms with Crippen molar-refractivity contribution in [3.05, 3.63) is 47.6 Å². The van der Waals surface area contributed by atoms with Gasteiger partial charge in [0.15, 0.2) is 5.96 Å². The van der Waals surface area contributed by atoms with Crippen molar-refractivity contribution < 1.29 is 12.8 Å². The van der Waals surface area contributed by atoms with Crippen molar-refractivity contribution >= 4 is 57.0 Å². The van der Waals surface area contributed by atoms with E-state index in [-0.39, 0.29) is 47.1 Å². The molecule has 2 aromatic rings. The number of thiophene rings is 1. The molecule has 11 heteroatoms. The van der Waals surface area contributed by atoms with E-state index < -0.39 is 10.0 Å². The molecular formula is C17H23FIN5O2S2. The summed E-state index contributed by atoms with van der Waals surface area (Å²) in [6, 6.07) is 9.69. The number of nitrogens with two attached hydrogens (primary N) is 1. The lowest BCUT2D eigenvalue weighted by molar-refractivity contribution is 0.381. The summed E-state index contributed by atoms with van der Waals surface area (Å²) < 4.78 is 39.8. The molecule has 3 rings (SSSR count). The van der Waals surface area contributed by atoms with Crippen LogP contribution in [0.15, 0.2) is 51.0 Å². The van der Waals surface area contributed by atoms with Crippen molar-refractivity contribution in [2.24, 2.45) is 10.7 Å². The minimum absolute atomic E-state index is 0. The van der Waals surface area contributed by atoms with Gasteiger partial charge in [-0.1, -0.05) is 6.07 Å². The molecule has 1 aromatic carbocycles. The summed E-state index contributed by atoms with van der Waals surface area (Å²) in [5.74, 6) is 0.160. The first-order valence-electron chi connectivity index (χ1n) is 8.54. The summed E-state index contributed by atoms with van der Waals surface area (Å²) in [6.07, 6.45) is 0. The van der Waals surface area contributed by atoms with E-state index in [4.69, 9.17) is 5.73 Å². The molecule has 0 aliphatic carbocycles. The van der Waals surface area contributed by atoms with Gasteiger partial charge in [0.25, 0.3) is 0 Å². The topological polar surface area (TPSA) is 91.0 Å². The number of benzene rings is 1. The van der Waals surface area contributed by atoms with Crippen LogP contribution in [0.4, 0.5) is 10.1 Å². The van der Waals surface area contributed by atoms with Crippen molar-refractivity contribution in [2.75, 3.05) is 44.2 Å². The fourth-order valence-electron chi connectivity index (χ4n) is 2.78. The van der Waals surface area contributed by atoms with Gasteiger partial charge in [-0.3, -0.25) is 4.99 Å². The third-order valence-electron chi connectivity index (χ3n) is 4.23. The molecule has 1 aromatic heterocycles. The van der Waals surface area contributed by atoms with Crippen LogP contribution in [-0.4, -0.2) is 58.5 Å². The van der Waals surface area contributed by atoms with Crippen LogP contribution in [0.3, 0.4) is 0 Å². The molecule has 154 valence electrons. The zero-order valence-corrected chi connectivity index (χ0v) is 19.1. The van der Waals surface area contributed by atoms with E-state index >= 15 is 0 Å². The van der Waals surface area contributed by atoms with E-state index in [1.165, 1.54) is 23.5 Å². The van der Waals surface area contributed by atoms with Crippen molar-refractivity contribution in [3.63, 3.8) is 0 Å². The van der Waals surface area contributed by atoms with Crippen molar-refractivity contribution in [1.82, 2.24) is 9.62 Å². The number of hydrogen-bond acceptors (Lipinski definition) is 5. The third-order valence-corrected chi connectivity index (χ3v) is 7.09. The molecule has 0 amide bonds. The minimum atomic E-state index is -3.47. The molecule has 7 nitrogen and oxygen atoms in total. The number of sulfonamides is 1. The normalized spacial score (nSPS) is 15.4. The maximum Gasteiger partial charge on any atom is 0.250 e. The van der Waals surface area contributed by atoms with Crippen LogP contribution >= 0.6 is 35.3 Å². The Balaban J connectivity index is 0.00000280. The van der Waals surface area contributed by atoms with Crippen molar-refractivity contribution in [3.8, 4) is 0 Å². The molecule has 0 unspecified atom stereocenters. The molecule has 0 spiro atoms. The summed E-state index contributed by atoms with van der Waals surface area (Å²) in [7, 11) is -3.47. The fraction of sp³-hybridized carbons (Fsp3) is 0.353. The molecule has 0 radical (unpaired) electrons. The second-order valence-electron chi connectivity index (χ2n) is 6.02. The summed E-state index contributed by atoms with van der Waals surface area (Å²) >= 11 is 1.17. The van der Waals surface area contributed by atoms with E-state index in [1.807, 2.05) is 4.90 Å². The van der Waals surface area contributed by atoms with Gasteiger partial charge in [0.2, 0.25) is 10.0 Å². The number of guanidine groups is 1. The highest BCUT2D eigenvalue weighted by molar-refractivity contribution is 14.0. The third kappa shape index (κ3) is 6.03. The number of anilines is 1. The Kier molecular flexibility index (Phi) is 8.46. The smallest absolute Gasteiger partial charge is 0.250 e. The Morgan fingerprint density at radius 3 is 2.46 bits per heavy atom. The molecule has 0 bridgehead atoms. The van der Waals surface area contributed by atoms with Gasteiger partial charge in [0, 0.05) is 38.4 Å². The Hall–Kier alpha value is -1.44. The molecule has 0 atom stereocenters. The van der Waals surface area contributed by atoms with Gasteiger partial charge >= 0.3 is 0 Å². The summed E-state index contributed by atoms with van der Waals surface area (Å²) in [6.45, 7) is 3.38. The highest BCUT2D eigenvalue weighted by atomic mass is 127. The van der Waals surface area contributed by atoms with Gasteiger partial charge in [-0.2, -0.15) is 0 Å². The molecule has 28 heavy (non-hydrogen) atoms. The molecule has 3 N–H and O–H groups in total. The quantitative estimate of drug-likeness (QED) is 0.254. The molecule has 2 heterocycles. The Morgan fingerprint density at radius 2 is 1.86 bits per heavy atom. The summed E-state index contributed by atoms with van der Waals surface area (Å²) in [5.41, 5.74) is 7.01. The van der Waals surface area contributed by atoms with Crippen LogP contribution < -0.4 is 15.4 Å². The SMILES string of the molecule is I.NC(=NCCNS(=O)(=O)c1cccs1)N1CCN(c2ccc(F)cc2)CC1. The van der Waals surface area contributed by atoms with E-state index in [1.54, 1.807) is 29.6 Å². The lowest BCUT2D eigenvalue weighted by Gasteiger charge is -2.36. The van der Waals surface area contributed by atoms with Gasteiger partial charge in [0.1, 0.15) is 10.0 Å². The Bertz CT molecular complexity index is 867. The predicted octanol–water partition coefficient (Wildman–Crippen LogP) is 1.92. The van der Waals surface area contributed by atoms with Crippen LogP contribution in [0.5, 0.6) is 0 Å². The summed E-state index contributed by atoms with van der Waals surface area (Å²) in [4.78, 5) is 8.40. The van der Waals surface area contributed by atoms with Crippen LogP contribution in [0.25, 0.3) is 0 Å². The van der Waals surface area contributed by atoms with Crippen molar-refractivity contribution in [1.29, 1.82) is 0 Å². The average molecular weight is 539 g/mol. The molecule has 0 saturated carbocycles. The number of nitrogens with one attached hydrogen (secondary N) is 1. The first-order chi connectivity index (χ1) is 13.0. The van der Waals surface area contributed by atoms with E-state index in [9.17, 15) is 12.8 Å². The average Bonchev–Trinajstić information content (AvgIpc) is 3.22. The predicted molar refractivity (Wildman–Crippen MR) is 122 cm³/mol. The number of rotatable bonds is 6. The van der Waals surface area contributed by atoms with Crippen LogP contribution in [0, 0.1) is 5.82 Å². The fourth-order valence-corrected chi connectivity index (χ4v) is 4.84. The number of aliphatic imine (C=N–C) groups is 1. The number of hydrogen-bond donors (Lipinski definition) is 2. The molecular weight excluding hydrogens is 516 g/mol. The maximum atomic E-state index is 13.0. The largest absolute Gasteiger partial charge is 0.370 e. The van der Waals surface area contributed by atoms with Gasteiger partial charge in [-0.15, -0.1) is 35.3 Å². The number of halogens is 2.